The number of rotatable bonds is 1. The summed E-state index contributed by atoms with van der Waals surface area (Å²) < 4.78 is 26.5. The van der Waals surface area contributed by atoms with Gasteiger partial charge in [-0.05, 0) is 25.0 Å². The van der Waals surface area contributed by atoms with Crippen molar-refractivity contribution in [1.29, 1.82) is 0 Å². The van der Waals surface area contributed by atoms with Crippen LogP contribution in [0.4, 0.5) is 14.5 Å². The van der Waals surface area contributed by atoms with Crippen LogP contribution in [-0.4, -0.2) is 18.3 Å². The largest absolute Gasteiger partial charge is 0.311 e. The Kier molecular flexibility index (Phi) is 3.10. The third kappa shape index (κ3) is 1.78. The number of benzene rings is 1. The molecule has 0 aromatic heterocycles. The molecule has 86 valence electrons. The van der Waals surface area contributed by atoms with Gasteiger partial charge in [-0.15, -0.1) is 11.6 Å². The van der Waals surface area contributed by atoms with Gasteiger partial charge in [-0.2, -0.15) is 0 Å². The van der Waals surface area contributed by atoms with E-state index < -0.39 is 11.6 Å². The molecule has 0 bridgehead atoms. The fourth-order valence-electron chi connectivity index (χ4n) is 1.94. The lowest BCUT2D eigenvalue weighted by atomic mass is 10.0. The maximum Gasteiger partial charge on any atom is 0.241 e. The number of amides is 1. The minimum Gasteiger partial charge on any atom is -0.311 e. The van der Waals surface area contributed by atoms with Crippen LogP contribution in [0, 0.1) is 11.6 Å². The Morgan fingerprint density at radius 2 is 2.19 bits per heavy atom. The highest BCUT2D eigenvalue weighted by Gasteiger charge is 2.25. The molecule has 0 spiro atoms. The normalized spacial score (nSPS) is 14.8. The van der Waals surface area contributed by atoms with E-state index in [1.54, 1.807) is 0 Å². The van der Waals surface area contributed by atoms with Gasteiger partial charge in [0.1, 0.15) is 5.88 Å². The SMILES string of the molecule is O=C(CCl)N1CCCc2c1ccc(F)c2F. The van der Waals surface area contributed by atoms with Crippen LogP contribution < -0.4 is 4.90 Å². The third-order valence-corrected chi connectivity index (χ3v) is 2.91. The minimum absolute atomic E-state index is 0.154. The molecule has 0 saturated carbocycles. The molecule has 0 atom stereocenters. The number of hydrogen-bond acceptors (Lipinski definition) is 1. The van der Waals surface area contributed by atoms with Crippen molar-refractivity contribution in [3.63, 3.8) is 0 Å². The summed E-state index contributed by atoms with van der Waals surface area (Å²) in [5.74, 6) is -2.17. The Balaban J connectivity index is 2.47. The van der Waals surface area contributed by atoms with Crippen LogP contribution in [0.2, 0.25) is 0 Å². The highest BCUT2D eigenvalue weighted by molar-refractivity contribution is 6.29. The number of fused-ring (bicyclic) bond motifs is 1. The smallest absolute Gasteiger partial charge is 0.241 e. The molecule has 16 heavy (non-hydrogen) atoms. The Hall–Kier alpha value is -1.16. The van der Waals surface area contributed by atoms with Gasteiger partial charge in [0.05, 0.1) is 0 Å². The molecule has 0 saturated heterocycles. The predicted molar refractivity (Wildman–Crippen MR) is 57.8 cm³/mol. The van der Waals surface area contributed by atoms with Crippen LogP contribution >= 0.6 is 11.6 Å². The average molecular weight is 246 g/mol. The number of nitrogens with zero attached hydrogens (tertiary/aromatic N) is 1. The van der Waals surface area contributed by atoms with E-state index in [4.69, 9.17) is 11.6 Å². The van der Waals surface area contributed by atoms with E-state index in [1.165, 1.54) is 11.0 Å². The van der Waals surface area contributed by atoms with Crippen LogP contribution in [0.3, 0.4) is 0 Å². The Morgan fingerprint density at radius 1 is 1.44 bits per heavy atom. The topological polar surface area (TPSA) is 20.3 Å². The first-order valence-electron chi connectivity index (χ1n) is 4.98. The second-order valence-corrected chi connectivity index (χ2v) is 3.91. The van der Waals surface area contributed by atoms with E-state index >= 15 is 0 Å². The highest BCUT2D eigenvalue weighted by atomic mass is 35.5. The number of carbonyl (C=O) groups is 1. The zero-order valence-corrected chi connectivity index (χ0v) is 9.23. The standard InChI is InChI=1S/C11H10ClF2NO/c12-6-10(16)15-5-1-2-7-9(15)4-3-8(13)11(7)14/h3-4H,1-2,5-6H2. The summed E-state index contributed by atoms with van der Waals surface area (Å²) in [5.41, 5.74) is 0.709. The van der Waals surface area contributed by atoms with Crippen molar-refractivity contribution in [1.82, 2.24) is 0 Å². The summed E-state index contributed by atoms with van der Waals surface area (Å²) >= 11 is 5.46. The van der Waals surface area contributed by atoms with Crippen LogP contribution in [0.25, 0.3) is 0 Å². The lowest BCUT2D eigenvalue weighted by Gasteiger charge is -2.29. The third-order valence-electron chi connectivity index (χ3n) is 2.69. The fourth-order valence-corrected chi connectivity index (χ4v) is 2.08. The van der Waals surface area contributed by atoms with E-state index in [2.05, 4.69) is 0 Å². The molecule has 0 unspecified atom stereocenters. The van der Waals surface area contributed by atoms with Gasteiger partial charge >= 0.3 is 0 Å². The van der Waals surface area contributed by atoms with Gasteiger partial charge in [-0.25, -0.2) is 8.78 Å². The van der Waals surface area contributed by atoms with Gasteiger partial charge in [-0.1, -0.05) is 0 Å². The number of alkyl halides is 1. The Morgan fingerprint density at radius 3 is 2.88 bits per heavy atom. The lowest BCUT2D eigenvalue weighted by molar-refractivity contribution is -0.116. The average Bonchev–Trinajstić information content (AvgIpc) is 2.32. The second-order valence-electron chi connectivity index (χ2n) is 3.64. The number of hydrogen-bond donors (Lipinski definition) is 0. The van der Waals surface area contributed by atoms with Crippen LogP contribution in [-0.2, 0) is 11.2 Å². The van der Waals surface area contributed by atoms with Gasteiger partial charge in [0.15, 0.2) is 11.6 Å². The zero-order valence-electron chi connectivity index (χ0n) is 8.47. The molecule has 2 nitrogen and oxygen atoms in total. The fraction of sp³-hybridized carbons (Fsp3) is 0.364. The van der Waals surface area contributed by atoms with E-state index in [0.717, 1.165) is 6.07 Å². The first kappa shape index (κ1) is 11.3. The van der Waals surface area contributed by atoms with Crippen LogP contribution in [0.15, 0.2) is 12.1 Å². The molecule has 1 aromatic carbocycles. The maximum absolute atomic E-state index is 13.5. The van der Waals surface area contributed by atoms with Crippen molar-refractivity contribution in [2.75, 3.05) is 17.3 Å². The minimum atomic E-state index is -0.876. The molecule has 0 aliphatic carbocycles. The monoisotopic (exact) mass is 245 g/mol. The summed E-state index contributed by atoms with van der Waals surface area (Å²) in [6.07, 6.45) is 1.07. The molecule has 2 rings (SSSR count). The number of carbonyl (C=O) groups excluding carboxylic acids is 1. The molecule has 1 heterocycles. The Labute approximate surface area is 96.8 Å². The number of anilines is 1. The molecule has 0 N–H and O–H groups in total. The molecule has 1 aromatic rings. The van der Waals surface area contributed by atoms with Crippen LogP contribution in [0.1, 0.15) is 12.0 Å². The number of halogens is 3. The second kappa shape index (κ2) is 4.37. The highest BCUT2D eigenvalue weighted by Crippen LogP contribution is 2.30. The first-order chi connectivity index (χ1) is 7.65. The van der Waals surface area contributed by atoms with Crippen molar-refractivity contribution in [2.24, 2.45) is 0 Å². The molecule has 1 aliphatic heterocycles. The van der Waals surface area contributed by atoms with Crippen molar-refractivity contribution < 1.29 is 13.6 Å². The van der Waals surface area contributed by atoms with Gasteiger partial charge in [0.25, 0.3) is 0 Å². The van der Waals surface area contributed by atoms with Crippen molar-refractivity contribution in [3.8, 4) is 0 Å². The molecule has 5 heteroatoms. The quantitative estimate of drug-likeness (QED) is 0.696. The molecule has 0 radical (unpaired) electrons. The molecular weight excluding hydrogens is 236 g/mol. The van der Waals surface area contributed by atoms with Crippen LogP contribution in [0.5, 0.6) is 0 Å². The zero-order chi connectivity index (χ0) is 11.7. The predicted octanol–water partition coefficient (Wildman–Crippen LogP) is 2.48. The molecule has 0 fully saturated rings. The first-order valence-corrected chi connectivity index (χ1v) is 5.52. The summed E-state index contributed by atoms with van der Waals surface area (Å²) in [4.78, 5) is 12.9. The van der Waals surface area contributed by atoms with Crippen molar-refractivity contribution >= 4 is 23.2 Å². The Bertz CT molecular complexity index is 436. The van der Waals surface area contributed by atoms with E-state index in [-0.39, 0.29) is 17.4 Å². The summed E-state index contributed by atoms with van der Waals surface area (Å²) in [6, 6.07) is 2.46. The molecule has 1 aliphatic rings. The van der Waals surface area contributed by atoms with Crippen molar-refractivity contribution in [2.45, 2.75) is 12.8 Å². The lowest BCUT2D eigenvalue weighted by Crippen LogP contribution is -2.36. The summed E-state index contributed by atoms with van der Waals surface area (Å²) in [5, 5.41) is 0. The van der Waals surface area contributed by atoms with Gasteiger partial charge < -0.3 is 4.90 Å². The van der Waals surface area contributed by atoms with E-state index in [0.29, 0.717) is 25.1 Å². The molecule has 1 amide bonds. The van der Waals surface area contributed by atoms with Gasteiger partial charge in [0.2, 0.25) is 5.91 Å². The summed E-state index contributed by atoms with van der Waals surface area (Å²) in [6.45, 7) is 0.504. The maximum atomic E-state index is 13.5. The molecular formula is C11H10ClF2NO. The van der Waals surface area contributed by atoms with Gasteiger partial charge in [-0.3, -0.25) is 4.79 Å². The van der Waals surface area contributed by atoms with E-state index in [1.807, 2.05) is 0 Å². The van der Waals surface area contributed by atoms with Gasteiger partial charge in [0, 0.05) is 17.8 Å². The summed E-state index contributed by atoms with van der Waals surface area (Å²) in [7, 11) is 0. The van der Waals surface area contributed by atoms with Crippen molar-refractivity contribution in [3.05, 3.63) is 29.3 Å². The van der Waals surface area contributed by atoms with E-state index in [9.17, 15) is 13.6 Å².